The number of carbonyl (C=O) groups excluding carboxylic acids is 1. The van der Waals surface area contributed by atoms with Gasteiger partial charge in [-0.1, -0.05) is 12.1 Å². The quantitative estimate of drug-likeness (QED) is 0.896. The van der Waals surface area contributed by atoms with E-state index < -0.39 is 0 Å². The van der Waals surface area contributed by atoms with Crippen LogP contribution in [0.15, 0.2) is 36.7 Å². The zero-order valence-electron chi connectivity index (χ0n) is 15.1. The number of benzene rings is 1. The van der Waals surface area contributed by atoms with Crippen molar-refractivity contribution >= 4 is 5.91 Å². The van der Waals surface area contributed by atoms with Crippen molar-refractivity contribution in [2.24, 2.45) is 0 Å². The van der Waals surface area contributed by atoms with Crippen LogP contribution in [0.1, 0.15) is 31.7 Å². The normalized spacial score (nSPS) is 20.3. The molecule has 138 valence electrons. The molecule has 3 heterocycles. The van der Waals surface area contributed by atoms with Crippen LogP contribution >= 0.6 is 0 Å². The molecule has 0 unspecified atom stereocenters. The summed E-state index contributed by atoms with van der Waals surface area (Å²) in [4.78, 5) is 18.9. The Hall–Kier alpha value is -2.34. The van der Waals surface area contributed by atoms with Crippen molar-refractivity contribution in [3.63, 3.8) is 0 Å². The van der Waals surface area contributed by atoms with Crippen molar-refractivity contribution < 1.29 is 9.53 Å². The Morgan fingerprint density at radius 3 is 2.88 bits per heavy atom. The highest BCUT2D eigenvalue weighted by molar-refractivity contribution is 5.78. The van der Waals surface area contributed by atoms with Gasteiger partial charge in [-0.3, -0.25) is 4.79 Å². The largest absolute Gasteiger partial charge is 0.483 e. The average molecular weight is 354 g/mol. The molecule has 1 aromatic carbocycles. The van der Waals surface area contributed by atoms with Gasteiger partial charge in [0.05, 0.1) is 5.56 Å². The minimum absolute atomic E-state index is 0.0721. The maximum Gasteiger partial charge on any atom is 0.260 e. The number of hydrogen-bond donors (Lipinski definition) is 1. The van der Waals surface area contributed by atoms with Crippen molar-refractivity contribution in [1.82, 2.24) is 19.8 Å². The van der Waals surface area contributed by atoms with Gasteiger partial charge in [-0.15, -0.1) is 0 Å². The van der Waals surface area contributed by atoms with E-state index in [1.807, 2.05) is 41.6 Å². The first-order valence-corrected chi connectivity index (χ1v) is 9.56. The Morgan fingerprint density at radius 2 is 2.08 bits per heavy atom. The lowest BCUT2D eigenvalue weighted by Crippen LogP contribution is -2.38. The third kappa shape index (κ3) is 3.60. The topological polar surface area (TPSA) is 59.4 Å². The molecule has 0 saturated carbocycles. The number of para-hydroxylation sites is 1. The number of nitrogens with one attached hydrogen (secondary N) is 1. The van der Waals surface area contributed by atoms with E-state index in [0.717, 1.165) is 62.6 Å². The molecule has 2 saturated heterocycles. The molecule has 6 heteroatoms. The van der Waals surface area contributed by atoms with Crippen LogP contribution in [0, 0.1) is 0 Å². The van der Waals surface area contributed by atoms with Gasteiger partial charge in [-0.2, -0.15) is 0 Å². The number of ether oxygens (including phenoxy) is 1. The highest BCUT2D eigenvalue weighted by Gasteiger charge is 2.22. The van der Waals surface area contributed by atoms with E-state index in [9.17, 15) is 4.79 Å². The number of rotatable bonds is 5. The van der Waals surface area contributed by atoms with E-state index in [4.69, 9.17) is 4.74 Å². The maximum atomic E-state index is 12.4. The number of hydrogen-bond acceptors (Lipinski definition) is 4. The molecule has 1 N–H and O–H groups in total. The Morgan fingerprint density at radius 1 is 1.23 bits per heavy atom. The highest BCUT2D eigenvalue weighted by atomic mass is 16.5. The van der Waals surface area contributed by atoms with Crippen LogP contribution in [0.2, 0.25) is 0 Å². The lowest BCUT2D eigenvalue weighted by molar-refractivity contribution is -0.134. The second-order valence-corrected chi connectivity index (χ2v) is 7.03. The molecular weight excluding hydrogens is 328 g/mol. The number of aromatic nitrogens is 2. The fourth-order valence-corrected chi connectivity index (χ4v) is 3.84. The fourth-order valence-electron chi connectivity index (χ4n) is 3.84. The molecule has 0 bridgehead atoms. The van der Waals surface area contributed by atoms with Gasteiger partial charge in [0.1, 0.15) is 11.6 Å². The molecule has 1 amide bonds. The predicted molar refractivity (Wildman–Crippen MR) is 100 cm³/mol. The van der Waals surface area contributed by atoms with Gasteiger partial charge >= 0.3 is 0 Å². The van der Waals surface area contributed by atoms with E-state index in [-0.39, 0.29) is 12.5 Å². The number of carbonyl (C=O) groups is 1. The number of amides is 1. The zero-order valence-corrected chi connectivity index (χ0v) is 15.1. The van der Waals surface area contributed by atoms with Crippen LogP contribution in [-0.2, 0) is 4.79 Å². The number of piperidine rings is 1. The van der Waals surface area contributed by atoms with Gasteiger partial charge < -0.3 is 19.5 Å². The van der Waals surface area contributed by atoms with Crippen molar-refractivity contribution in [1.29, 1.82) is 0 Å². The van der Waals surface area contributed by atoms with Crippen LogP contribution in [0.4, 0.5) is 0 Å². The standard InChI is InChI=1S/C20H26N4O2/c25-19(23-11-4-1-5-12-23)15-26-18-7-3-2-6-17(18)20-22-10-13-24(20)16-8-9-21-14-16/h2-3,6-7,10,13,16,21H,1,4-5,8-9,11-12,14-15H2/t16-/m0/s1. The summed E-state index contributed by atoms with van der Waals surface area (Å²) < 4.78 is 8.15. The van der Waals surface area contributed by atoms with Gasteiger partial charge in [0.25, 0.3) is 5.91 Å². The molecule has 1 atom stereocenters. The minimum Gasteiger partial charge on any atom is -0.483 e. The molecule has 0 spiro atoms. The molecular formula is C20H26N4O2. The SMILES string of the molecule is O=C(COc1ccccc1-c1nccn1[C@H]1CCNC1)N1CCCCC1. The van der Waals surface area contributed by atoms with Crippen LogP contribution < -0.4 is 10.1 Å². The number of likely N-dealkylation sites (tertiary alicyclic amines) is 1. The van der Waals surface area contributed by atoms with Crippen LogP contribution in [0.5, 0.6) is 5.75 Å². The first-order chi connectivity index (χ1) is 12.8. The molecule has 2 aliphatic rings. The van der Waals surface area contributed by atoms with Crippen LogP contribution in [0.25, 0.3) is 11.4 Å². The summed E-state index contributed by atoms with van der Waals surface area (Å²) in [5, 5.41) is 3.40. The van der Waals surface area contributed by atoms with Crippen molar-refractivity contribution in [3.8, 4) is 17.1 Å². The molecule has 0 radical (unpaired) electrons. The zero-order chi connectivity index (χ0) is 17.8. The Labute approximate surface area is 154 Å². The fraction of sp³-hybridized carbons (Fsp3) is 0.500. The summed E-state index contributed by atoms with van der Waals surface area (Å²) in [6.45, 7) is 3.78. The summed E-state index contributed by atoms with van der Waals surface area (Å²) >= 11 is 0. The van der Waals surface area contributed by atoms with Gasteiger partial charge in [0, 0.05) is 38.1 Å². The molecule has 2 fully saturated rings. The molecule has 2 aliphatic heterocycles. The van der Waals surface area contributed by atoms with Gasteiger partial charge in [0.15, 0.2) is 6.61 Å². The minimum atomic E-state index is 0.0721. The summed E-state index contributed by atoms with van der Waals surface area (Å²) in [5.41, 5.74) is 0.941. The average Bonchev–Trinajstić information content (AvgIpc) is 3.38. The molecule has 2 aromatic rings. The molecule has 6 nitrogen and oxygen atoms in total. The molecule has 26 heavy (non-hydrogen) atoms. The van der Waals surface area contributed by atoms with E-state index in [1.54, 1.807) is 0 Å². The second-order valence-electron chi connectivity index (χ2n) is 7.03. The summed E-state index contributed by atoms with van der Waals surface area (Å²) in [6, 6.07) is 8.28. The Balaban J connectivity index is 1.50. The summed E-state index contributed by atoms with van der Waals surface area (Å²) in [6.07, 6.45) is 8.36. The molecule has 0 aliphatic carbocycles. The number of imidazole rings is 1. The summed E-state index contributed by atoms with van der Waals surface area (Å²) in [5.74, 6) is 1.69. The third-order valence-corrected chi connectivity index (χ3v) is 5.28. The monoisotopic (exact) mass is 354 g/mol. The van der Waals surface area contributed by atoms with Crippen LogP contribution in [0.3, 0.4) is 0 Å². The van der Waals surface area contributed by atoms with E-state index in [1.165, 1.54) is 6.42 Å². The molecule has 4 rings (SSSR count). The lowest BCUT2D eigenvalue weighted by atomic mass is 10.1. The van der Waals surface area contributed by atoms with Gasteiger partial charge in [-0.25, -0.2) is 4.98 Å². The Kier molecular flexibility index (Phi) is 5.20. The summed E-state index contributed by atoms with van der Waals surface area (Å²) in [7, 11) is 0. The predicted octanol–water partition coefficient (Wildman–Crippen LogP) is 2.48. The van der Waals surface area contributed by atoms with Crippen molar-refractivity contribution in [2.75, 3.05) is 32.8 Å². The first-order valence-electron chi connectivity index (χ1n) is 9.56. The van der Waals surface area contributed by atoms with Gasteiger partial charge in [-0.05, 0) is 44.4 Å². The smallest absolute Gasteiger partial charge is 0.260 e. The van der Waals surface area contributed by atoms with Crippen LogP contribution in [-0.4, -0.2) is 53.1 Å². The second kappa shape index (κ2) is 7.91. The Bertz CT molecular complexity index is 746. The van der Waals surface area contributed by atoms with E-state index in [0.29, 0.717) is 6.04 Å². The van der Waals surface area contributed by atoms with E-state index >= 15 is 0 Å². The first kappa shape index (κ1) is 17.1. The van der Waals surface area contributed by atoms with Crippen molar-refractivity contribution in [2.45, 2.75) is 31.7 Å². The number of nitrogens with zero attached hydrogens (tertiary/aromatic N) is 3. The lowest BCUT2D eigenvalue weighted by Gasteiger charge is -2.26. The van der Waals surface area contributed by atoms with E-state index in [2.05, 4.69) is 14.9 Å². The maximum absolute atomic E-state index is 12.4. The molecule has 1 aromatic heterocycles. The van der Waals surface area contributed by atoms with Crippen molar-refractivity contribution in [3.05, 3.63) is 36.7 Å². The highest BCUT2D eigenvalue weighted by Crippen LogP contribution is 2.31. The third-order valence-electron chi connectivity index (χ3n) is 5.28. The van der Waals surface area contributed by atoms with Gasteiger partial charge in [0.2, 0.25) is 0 Å².